The normalized spacial score (nSPS) is 21.4. The molecule has 0 saturated heterocycles. The molecule has 0 aliphatic heterocycles. The summed E-state index contributed by atoms with van der Waals surface area (Å²) < 4.78 is -2.06. The maximum atomic E-state index is 11.8. The summed E-state index contributed by atoms with van der Waals surface area (Å²) in [5.74, 6) is -2.06. The molecule has 1 atom stereocenters. The molecule has 0 radical (unpaired) electrons. The average molecular weight is 296 g/mol. The second kappa shape index (κ2) is 4.75. The second-order valence-corrected chi connectivity index (χ2v) is 7.23. The number of rotatable bonds is 1. The molecule has 1 unspecified atom stereocenters. The lowest BCUT2D eigenvalue weighted by Gasteiger charge is -2.25. The Balaban J connectivity index is 3.09. The molecule has 17 heavy (non-hydrogen) atoms. The molecule has 1 aliphatic rings. The second-order valence-electron chi connectivity index (χ2n) is 4.95. The molecule has 0 aromatic heterocycles. The van der Waals surface area contributed by atoms with Gasteiger partial charge in [0.1, 0.15) is 5.92 Å². The quantitative estimate of drug-likeness (QED) is 0.546. The summed E-state index contributed by atoms with van der Waals surface area (Å²) in [6.45, 7) is 5.95. The van der Waals surface area contributed by atoms with Crippen molar-refractivity contribution in [1.29, 1.82) is 0 Å². The van der Waals surface area contributed by atoms with Gasteiger partial charge in [-0.1, -0.05) is 67.7 Å². The largest absolute Gasteiger partial charge is 0.294 e. The first-order valence-corrected chi connectivity index (χ1v) is 6.22. The molecular formula is C12H13Cl3O2. The van der Waals surface area contributed by atoms with E-state index in [-0.39, 0.29) is 11.2 Å². The number of carbonyl (C=O) groups is 2. The van der Waals surface area contributed by atoms with Crippen LogP contribution < -0.4 is 0 Å². The predicted molar refractivity (Wildman–Crippen MR) is 70.5 cm³/mol. The zero-order chi connectivity index (χ0) is 13.4. The molecule has 1 aliphatic carbocycles. The summed E-state index contributed by atoms with van der Waals surface area (Å²) in [4.78, 5) is 23.4. The Morgan fingerprint density at radius 2 is 1.71 bits per heavy atom. The first-order chi connectivity index (χ1) is 7.53. The monoisotopic (exact) mass is 294 g/mol. The summed E-state index contributed by atoms with van der Waals surface area (Å²) in [5.41, 5.74) is 0.716. The van der Waals surface area contributed by atoms with Gasteiger partial charge in [0.2, 0.25) is 3.79 Å². The molecule has 0 heterocycles. The fraction of sp³-hybridized carbons (Fsp3) is 0.500. The van der Waals surface area contributed by atoms with E-state index < -0.39 is 15.5 Å². The van der Waals surface area contributed by atoms with Gasteiger partial charge < -0.3 is 0 Å². The summed E-state index contributed by atoms with van der Waals surface area (Å²) in [5, 5.41) is 0. The van der Waals surface area contributed by atoms with E-state index in [4.69, 9.17) is 34.8 Å². The highest BCUT2D eigenvalue weighted by molar-refractivity contribution is 6.77. The van der Waals surface area contributed by atoms with Gasteiger partial charge in [-0.25, -0.2) is 0 Å². The Hall–Kier alpha value is -0.310. The van der Waals surface area contributed by atoms with Crippen LogP contribution in [-0.4, -0.2) is 15.4 Å². The van der Waals surface area contributed by atoms with Crippen LogP contribution in [0.25, 0.3) is 0 Å². The number of Topliss-reactive ketones (excluding diaryl/α,β-unsaturated/α-hetero) is 1. The zero-order valence-electron chi connectivity index (χ0n) is 9.76. The van der Waals surface area contributed by atoms with E-state index in [0.717, 1.165) is 5.57 Å². The maximum Gasteiger partial charge on any atom is 0.249 e. The van der Waals surface area contributed by atoms with E-state index in [1.54, 1.807) is 12.2 Å². The first kappa shape index (κ1) is 14.7. The van der Waals surface area contributed by atoms with Crippen molar-refractivity contribution >= 4 is 46.4 Å². The fourth-order valence-electron chi connectivity index (χ4n) is 1.47. The van der Waals surface area contributed by atoms with Crippen molar-refractivity contribution in [2.24, 2.45) is 11.3 Å². The topological polar surface area (TPSA) is 34.1 Å². The van der Waals surface area contributed by atoms with Crippen molar-refractivity contribution < 1.29 is 9.59 Å². The molecular weight excluding hydrogens is 282 g/mol. The van der Waals surface area contributed by atoms with Crippen LogP contribution in [-0.2, 0) is 9.59 Å². The van der Waals surface area contributed by atoms with Crippen LogP contribution in [0.1, 0.15) is 20.8 Å². The molecule has 0 spiro atoms. The highest BCUT2D eigenvalue weighted by atomic mass is 35.6. The Morgan fingerprint density at radius 3 is 2.12 bits per heavy atom. The number of hydrogen-bond acceptors (Lipinski definition) is 2. The third kappa shape index (κ3) is 3.57. The lowest BCUT2D eigenvalue weighted by atomic mass is 9.80. The summed E-state index contributed by atoms with van der Waals surface area (Å²) in [6, 6.07) is 0. The van der Waals surface area contributed by atoms with Gasteiger partial charge in [0, 0.05) is 0 Å². The van der Waals surface area contributed by atoms with Gasteiger partial charge in [0.15, 0.2) is 11.6 Å². The molecule has 0 amide bonds. The summed E-state index contributed by atoms with van der Waals surface area (Å²) in [7, 11) is 0. The molecule has 94 valence electrons. The van der Waals surface area contributed by atoms with Crippen LogP contribution in [0.3, 0.4) is 0 Å². The van der Waals surface area contributed by atoms with Crippen molar-refractivity contribution in [3.05, 3.63) is 23.8 Å². The maximum absolute atomic E-state index is 11.8. The first-order valence-electron chi connectivity index (χ1n) is 5.09. The number of carbonyl (C=O) groups excluding carboxylic acids is 2. The predicted octanol–water partition coefficient (Wildman–Crippen LogP) is 3.65. The minimum atomic E-state index is -2.06. The smallest absolute Gasteiger partial charge is 0.249 e. The van der Waals surface area contributed by atoms with Gasteiger partial charge in [0.05, 0.1) is 0 Å². The standard InChI is InChI=1S/C12H13Cl3O2/c1-11(2,3)7-4-5-9(16)8(6-7)10(17)12(13,14)15/h4-6,8H,1-3H3. The molecule has 5 heteroatoms. The van der Waals surface area contributed by atoms with Crippen molar-refractivity contribution in [2.75, 3.05) is 0 Å². The number of hydrogen-bond donors (Lipinski definition) is 0. The average Bonchev–Trinajstić information content (AvgIpc) is 2.14. The lowest BCUT2D eigenvalue weighted by molar-refractivity contribution is -0.127. The molecule has 0 saturated carbocycles. The van der Waals surface area contributed by atoms with E-state index in [0.29, 0.717) is 0 Å². The molecule has 0 fully saturated rings. The molecule has 0 N–H and O–H groups in total. The number of allylic oxidation sites excluding steroid dienone is 4. The van der Waals surface area contributed by atoms with E-state index in [1.807, 2.05) is 20.8 Å². The van der Waals surface area contributed by atoms with Gasteiger partial charge in [-0.15, -0.1) is 0 Å². The zero-order valence-corrected chi connectivity index (χ0v) is 12.0. The van der Waals surface area contributed by atoms with E-state index in [9.17, 15) is 9.59 Å². The highest BCUT2D eigenvalue weighted by Gasteiger charge is 2.40. The van der Waals surface area contributed by atoms with Crippen LogP contribution >= 0.6 is 34.8 Å². The lowest BCUT2D eigenvalue weighted by Crippen LogP contribution is -2.33. The van der Waals surface area contributed by atoms with Gasteiger partial charge in [-0.3, -0.25) is 9.59 Å². The third-order valence-electron chi connectivity index (χ3n) is 2.51. The van der Waals surface area contributed by atoms with Gasteiger partial charge in [-0.2, -0.15) is 0 Å². The van der Waals surface area contributed by atoms with Gasteiger partial charge in [0.25, 0.3) is 0 Å². The number of halogens is 3. The number of alkyl halides is 3. The Kier molecular flexibility index (Phi) is 4.12. The Morgan fingerprint density at radius 1 is 1.18 bits per heavy atom. The van der Waals surface area contributed by atoms with Crippen LogP contribution in [0.2, 0.25) is 0 Å². The van der Waals surface area contributed by atoms with Crippen molar-refractivity contribution in [2.45, 2.75) is 24.6 Å². The molecule has 2 nitrogen and oxygen atoms in total. The Bertz CT molecular complexity index is 408. The van der Waals surface area contributed by atoms with E-state index in [1.165, 1.54) is 6.08 Å². The summed E-state index contributed by atoms with van der Waals surface area (Å²) >= 11 is 16.6. The molecule has 0 aromatic carbocycles. The molecule has 0 aromatic rings. The fourth-order valence-corrected chi connectivity index (χ4v) is 1.83. The highest BCUT2D eigenvalue weighted by Crippen LogP contribution is 2.35. The molecule has 0 bridgehead atoms. The third-order valence-corrected chi connectivity index (χ3v) is 3.07. The minimum Gasteiger partial charge on any atom is -0.294 e. The van der Waals surface area contributed by atoms with E-state index in [2.05, 4.69) is 0 Å². The number of ketones is 2. The summed E-state index contributed by atoms with van der Waals surface area (Å²) in [6.07, 6.45) is 4.64. The van der Waals surface area contributed by atoms with Crippen LogP contribution in [0.4, 0.5) is 0 Å². The van der Waals surface area contributed by atoms with Gasteiger partial charge in [-0.05, 0) is 17.1 Å². The van der Waals surface area contributed by atoms with E-state index >= 15 is 0 Å². The molecule has 1 rings (SSSR count). The van der Waals surface area contributed by atoms with Crippen molar-refractivity contribution in [3.63, 3.8) is 0 Å². The van der Waals surface area contributed by atoms with Crippen LogP contribution in [0.5, 0.6) is 0 Å². The Labute approximate surface area is 116 Å². The van der Waals surface area contributed by atoms with Crippen LogP contribution in [0.15, 0.2) is 23.8 Å². The van der Waals surface area contributed by atoms with Crippen molar-refractivity contribution in [3.8, 4) is 0 Å². The SMILES string of the molecule is CC(C)(C)C1=CC(C(=O)C(Cl)(Cl)Cl)C(=O)C=C1. The van der Waals surface area contributed by atoms with Crippen LogP contribution in [0, 0.1) is 11.3 Å². The minimum absolute atomic E-state index is 0.163. The van der Waals surface area contributed by atoms with Crippen molar-refractivity contribution in [1.82, 2.24) is 0 Å². The van der Waals surface area contributed by atoms with Gasteiger partial charge >= 0.3 is 0 Å².